The minimum Gasteiger partial charge on any atom is -0.379 e. The van der Waals surface area contributed by atoms with Gasteiger partial charge in [-0.05, 0) is 0 Å². The van der Waals surface area contributed by atoms with E-state index in [2.05, 4.69) is 0 Å². The van der Waals surface area contributed by atoms with E-state index in [4.69, 9.17) is 16.3 Å². The number of nitrogens with one attached hydrogen (secondary N) is 1. The van der Waals surface area contributed by atoms with Crippen LogP contribution in [0.2, 0.25) is 0 Å². The third-order valence-corrected chi connectivity index (χ3v) is 1.64. The van der Waals surface area contributed by atoms with Crippen LogP contribution in [0.5, 0.6) is 0 Å². The molecule has 1 saturated heterocycles. The van der Waals surface area contributed by atoms with Crippen molar-refractivity contribution in [1.82, 2.24) is 5.43 Å². The lowest BCUT2D eigenvalue weighted by Crippen LogP contribution is -2.56. The van der Waals surface area contributed by atoms with Crippen molar-refractivity contribution in [2.45, 2.75) is 12.0 Å². The zero-order valence-electron chi connectivity index (χ0n) is 5.59. The summed E-state index contributed by atoms with van der Waals surface area (Å²) in [7, 11) is 0. The Bertz CT molecular complexity index is 142. The molecule has 10 heavy (non-hydrogen) atoms. The molecule has 1 heterocycles. The van der Waals surface area contributed by atoms with E-state index in [9.17, 15) is 4.79 Å². The summed E-state index contributed by atoms with van der Waals surface area (Å²) < 4.78 is 4.94. The fourth-order valence-electron chi connectivity index (χ4n) is 0.904. The molecule has 0 aliphatic carbocycles. The van der Waals surface area contributed by atoms with Crippen molar-refractivity contribution >= 4 is 5.91 Å². The number of hydrazine groups is 1. The van der Waals surface area contributed by atoms with Gasteiger partial charge in [-0.25, -0.2) is 5.84 Å². The highest BCUT2D eigenvalue weighted by atomic mass is 16.5. The molecule has 1 amide bonds. The fraction of sp³-hybridized carbons (Fsp3) is 0.800. The Hall–Kier alpha value is -0.650. The van der Waals surface area contributed by atoms with Crippen LogP contribution in [0.25, 0.3) is 0 Å². The Labute approximate surface area is 58.7 Å². The van der Waals surface area contributed by atoms with Crippen molar-refractivity contribution in [2.75, 3.05) is 13.2 Å². The molecule has 1 aliphatic heterocycles. The molecule has 1 atom stereocenters. The second kappa shape index (κ2) is 2.53. The molecule has 5 nitrogen and oxygen atoms in total. The number of amides is 1. The van der Waals surface area contributed by atoms with Crippen molar-refractivity contribution < 1.29 is 9.53 Å². The largest absolute Gasteiger partial charge is 0.379 e. The quantitative estimate of drug-likeness (QED) is 0.228. The van der Waals surface area contributed by atoms with Gasteiger partial charge in [0.1, 0.15) is 5.54 Å². The van der Waals surface area contributed by atoms with Gasteiger partial charge in [-0.2, -0.15) is 0 Å². The zero-order valence-corrected chi connectivity index (χ0v) is 5.59. The zero-order chi connectivity index (χ0) is 7.61. The first kappa shape index (κ1) is 7.46. The minimum atomic E-state index is -0.894. The van der Waals surface area contributed by atoms with Crippen LogP contribution in [0, 0.1) is 0 Å². The summed E-state index contributed by atoms with van der Waals surface area (Å²) in [6, 6.07) is 0. The molecule has 0 spiro atoms. The average molecular weight is 145 g/mol. The predicted octanol–water partition coefficient (Wildman–Crippen LogP) is -1.91. The molecule has 0 aromatic rings. The van der Waals surface area contributed by atoms with E-state index in [1.165, 1.54) is 0 Å². The molecule has 5 N–H and O–H groups in total. The van der Waals surface area contributed by atoms with Gasteiger partial charge in [0.25, 0.3) is 5.91 Å². The van der Waals surface area contributed by atoms with Crippen LogP contribution in [0.15, 0.2) is 0 Å². The maximum Gasteiger partial charge on any atom is 0.256 e. The van der Waals surface area contributed by atoms with Gasteiger partial charge in [0.2, 0.25) is 0 Å². The molecule has 0 bridgehead atoms. The van der Waals surface area contributed by atoms with Crippen molar-refractivity contribution in [1.29, 1.82) is 0 Å². The maximum atomic E-state index is 10.9. The Morgan fingerprint density at radius 3 is 2.80 bits per heavy atom. The van der Waals surface area contributed by atoms with Gasteiger partial charge in [0.15, 0.2) is 0 Å². The normalized spacial score (nSPS) is 32.2. The van der Waals surface area contributed by atoms with Gasteiger partial charge in [0, 0.05) is 13.0 Å². The van der Waals surface area contributed by atoms with Gasteiger partial charge in [-0.1, -0.05) is 0 Å². The molecular weight excluding hydrogens is 134 g/mol. The molecule has 1 rings (SSSR count). The molecule has 0 saturated carbocycles. The van der Waals surface area contributed by atoms with Gasteiger partial charge in [0.05, 0.1) is 6.61 Å². The predicted molar refractivity (Wildman–Crippen MR) is 34.7 cm³/mol. The van der Waals surface area contributed by atoms with Crippen LogP contribution in [0.1, 0.15) is 6.42 Å². The molecule has 1 unspecified atom stereocenters. The Morgan fingerprint density at radius 2 is 2.40 bits per heavy atom. The molecule has 1 aliphatic rings. The van der Waals surface area contributed by atoms with E-state index in [1.807, 2.05) is 5.43 Å². The minimum absolute atomic E-state index is 0.260. The SMILES string of the molecule is NNC(=O)C1(N)CCOC1. The summed E-state index contributed by atoms with van der Waals surface area (Å²) in [4.78, 5) is 10.9. The highest BCUT2D eigenvalue weighted by Gasteiger charge is 2.37. The van der Waals surface area contributed by atoms with Crippen LogP contribution >= 0.6 is 0 Å². The monoisotopic (exact) mass is 145 g/mol. The molecule has 0 aromatic carbocycles. The summed E-state index contributed by atoms with van der Waals surface area (Å²) in [6.45, 7) is 0.792. The lowest BCUT2D eigenvalue weighted by molar-refractivity contribution is -0.126. The molecule has 0 aromatic heterocycles. The van der Waals surface area contributed by atoms with Crippen molar-refractivity contribution in [3.63, 3.8) is 0 Å². The fourth-order valence-corrected chi connectivity index (χ4v) is 0.904. The van der Waals surface area contributed by atoms with Crippen LogP contribution in [0.4, 0.5) is 0 Å². The van der Waals surface area contributed by atoms with Crippen LogP contribution in [0.3, 0.4) is 0 Å². The third-order valence-electron chi connectivity index (χ3n) is 1.64. The second-order valence-electron chi connectivity index (χ2n) is 2.43. The van der Waals surface area contributed by atoms with Gasteiger partial charge < -0.3 is 10.5 Å². The lowest BCUT2D eigenvalue weighted by atomic mass is 10.00. The van der Waals surface area contributed by atoms with Crippen LogP contribution in [-0.4, -0.2) is 24.7 Å². The number of carbonyl (C=O) groups is 1. The van der Waals surface area contributed by atoms with Crippen LogP contribution in [-0.2, 0) is 9.53 Å². The Balaban J connectivity index is 2.58. The van der Waals surface area contributed by atoms with E-state index in [-0.39, 0.29) is 12.5 Å². The molecule has 58 valence electrons. The summed E-state index contributed by atoms with van der Waals surface area (Å²) in [5, 5.41) is 0. The Kier molecular flexibility index (Phi) is 1.89. The van der Waals surface area contributed by atoms with E-state index < -0.39 is 5.54 Å². The maximum absolute atomic E-state index is 10.9. The first-order valence-electron chi connectivity index (χ1n) is 3.07. The van der Waals surface area contributed by atoms with Crippen molar-refractivity contribution in [3.8, 4) is 0 Å². The van der Waals surface area contributed by atoms with E-state index in [0.717, 1.165) is 0 Å². The summed E-state index contributed by atoms with van der Waals surface area (Å²) in [5.41, 5.74) is 6.71. The van der Waals surface area contributed by atoms with Crippen molar-refractivity contribution in [3.05, 3.63) is 0 Å². The first-order chi connectivity index (χ1) is 4.69. The number of hydrogen-bond donors (Lipinski definition) is 3. The average Bonchev–Trinajstić information content (AvgIpc) is 2.36. The molecule has 1 fully saturated rings. The van der Waals surface area contributed by atoms with E-state index in [1.54, 1.807) is 0 Å². The summed E-state index contributed by atoms with van der Waals surface area (Å²) in [5.74, 6) is 4.55. The highest BCUT2D eigenvalue weighted by molar-refractivity contribution is 5.85. The summed E-state index contributed by atoms with van der Waals surface area (Å²) >= 11 is 0. The summed E-state index contributed by atoms with van der Waals surface area (Å²) in [6.07, 6.45) is 0.538. The lowest BCUT2D eigenvalue weighted by Gasteiger charge is -2.18. The van der Waals surface area contributed by atoms with Crippen LogP contribution < -0.4 is 17.0 Å². The number of hydrogen-bond acceptors (Lipinski definition) is 4. The highest BCUT2D eigenvalue weighted by Crippen LogP contribution is 2.14. The van der Waals surface area contributed by atoms with Gasteiger partial charge in [-0.3, -0.25) is 10.2 Å². The number of carbonyl (C=O) groups excluding carboxylic acids is 1. The van der Waals surface area contributed by atoms with Gasteiger partial charge >= 0.3 is 0 Å². The molecular formula is C5H11N3O2. The smallest absolute Gasteiger partial charge is 0.256 e. The number of rotatable bonds is 1. The topological polar surface area (TPSA) is 90.4 Å². The third kappa shape index (κ3) is 1.11. The molecule has 0 radical (unpaired) electrons. The van der Waals surface area contributed by atoms with E-state index in [0.29, 0.717) is 13.0 Å². The van der Waals surface area contributed by atoms with Crippen molar-refractivity contribution in [2.24, 2.45) is 11.6 Å². The van der Waals surface area contributed by atoms with Gasteiger partial charge in [-0.15, -0.1) is 0 Å². The first-order valence-corrected chi connectivity index (χ1v) is 3.07. The number of ether oxygens (including phenoxy) is 1. The standard InChI is InChI=1S/C5H11N3O2/c6-5(4(9)8-7)1-2-10-3-5/h1-3,6-7H2,(H,8,9). The van der Waals surface area contributed by atoms with E-state index >= 15 is 0 Å². The Morgan fingerprint density at radius 1 is 1.70 bits per heavy atom. The number of nitrogens with two attached hydrogens (primary N) is 2. The second-order valence-corrected chi connectivity index (χ2v) is 2.43. The molecule has 5 heteroatoms.